The van der Waals surface area contributed by atoms with Gasteiger partial charge in [0.15, 0.2) is 0 Å². The maximum atomic E-state index is 6.15. The van der Waals surface area contributed by atoms with Gasteiger partial charge in [-0.3, -0.25) is 10.9 Å². The summed E-state index contributed by atoms with van der Waals surface area (Å²) in [5.41, 5.74) is 14.2. The Morgan fingerprint density at radius 1 is 1.00 bits per heavy atom. The van der Waals surface area contributed by atoms with E-state index >= 15 is 0 Å². The predicted octanol–water partition coefficient (Wildman–Crippen LogP) is -0.906. The van der Waals surface area contributed by atoms with Crippen LogP contribution in [0.2, 0.25) is 0 Å². The number of ether oxygens (including phenoxy) is 1. The van der Waals surface area contributed by atoms with E-state index in [4.69, 9.17) is 4.74 Å². The lowest BCUT2D eigenvalue weighted by molar-refractivity contribution is 0.00581. The van der Waals surface area contributed by atoms with Crippen molar-refractivity contribution in [2.75, 3.05) is 32.8 Å². The van der Waals surface area contributed by atoms with Crippen molar-refractivity contribution in [3.63, 3.8) is 0 Å². The second kappa shape index (κ2) is 7.09. The predicted molar refractivity (Wildman–Crippen MR) is 84.7 cm³/mol. The SMILES string of the molecule is C1CNCCCN2NCC(N2)C2NNC3CCC(CC32)OC1. The van der Waals surface area contributed by atoms with E-state index < -0.39 is 0 Å². The van der Waals surface area contributed by atoms with Gasteiger partial charge in [-0.25, -0.2) is 10.9 Å². The zero-order chi connectivity index (χ0) is 14.8. The Labute approximate surface area is 132 Å². The fraction of sp³-hybridized carbons (Fsp3) is 1.00. The second-order valence-corrected chi connectivity index (χ2v) is 7.10. The third-order valence-electron chi connectivity index (χ3n) is 5.59. The lowest BCUT2D eigenvalue weighted by atomic mass is 9.78. The molecule has 0 aromatic rings. The van der Waals surface area contributed by atoms with Gasteiger partial charge in [-0.1, -0.05) is 0 Å². The fourth-order valence-electron chi connectivity index (χ4n) is 4.39. The van der Waals surface area contributed by atoms with Crippen molar-refractivity contribution in [3.8, 4) is 0 Å². The number of nitrogens with one attached hydrogen (secondary N) is 5. The van der Waals surface area contributed by atoms with Gasteiger partial charge in [0.25, 0.3) is 0 Å². The molecule has 1 saturated carbocycles. The van der Waals surface area contributed by atoms with Gasteiger partial charge in [0.1, 0.15) is 0 Å². The van der Waals surface area contributed by atoms with Crippen molar-refractivity contribution in [2.24, 2.45) is 5.92 Å². The van der Waals surface area contributed by atoms with Crippen molar-refractivity contribution >= 4 is 0 Å². The fourth-order valence-corrected chi connectivity index (χ4v) is 4.39. The van der Waals surface area contributed by atoms with Crippen LogP contribution in [0.15, 0.2) is 0 Å². The molecular weight excluding hydrogens is 280 g/mol. The highest BCUT2D eigenvalue weighted by Gasteiger charge is 2.45. The van der Waals surface area contributed by atoms with Crippen molar-refractivity contribution < 1.29 is 4.74 Å². The van der Waals surface area contributed by atoms with E-state index in [1.165, 1.54) is 19.3 Å². The summed E-state index contributed by atoms with van der Waals surface area (Å²) in [5.74, 6) is 0.668. The molecular formula is C15H30N6O. The van der Waals surface area contributed by atoms with Crippen LogP contribution in [0.4, 0.5) is 0 Å². The molecule has 4 rings (SSSR count). The number of hydrazine groups is 3. The molecule has 4 bridgehead atoms. The van der Waals surface area contributed by atoms with Crippen molar-refractivity contribution in [1.82, 2.24) is 32.1 Å². The number of hydrogen-bond acceptors (Lipinski definition) is 7. The smallest absolute Gasteiger partial charge is 0.0579 e. The molecule has 5 N–H and O–H groups in total. The first-order chi connectivity index (χ1) is 10.9. The Morgan fingerprint density at radius 2 is 1.95 bits per heavy atom. The van der Waals surface area contributed by atoms with Crippen LogP contribution in [0.5, 0.6) is 0 Å². The number of fused-ring (bicyclic) bond motifs is 4. The molecule has 0 radical (unpaired) electrons. The molecule has 3 saturated heterocycles. The average molecular weight is 310 g/mol. The van der Waals surface area contributed by atoms with Crippen LogP contribution in [0.25, 0.3) is 0 Å². The summed E-state index contributed by atoms with van der Waals surface area (Å²) in [6, 6.07) is 1.55. The van der Waals surface area contributed by atoms with Gasteiger partial charge in [0, 0.05) is 31.8 Å². The van der Waals surface area contributed by atoms with E-state index in [1.807, 2.05) is 0 Å². The highest BCUT2D eigenvalue weighted by molar-refractivity contribution is 5.01. The largest absolute Gasteiger partial charge is 0.378 e. The highest BCUT2D eigenvalue weighted by Crippen LogP contribution is 2.33. The molecule has 3 aliphatic heterocycles. The van der Waals surface area contributed by atoms with Crippen LogP contribution in [-0.4, -0.2) is 62.1 Å². The molecule has 22 heavy (non-hydrogen) atoms. The Kier molecular flexibility index (Phi) is 4.92. The van der Waals surface area contributed by atoms with Crippen LogP contribution in [-0.2, 0) is 4.74 Å². The minimum atomic E-state index is 0.445. The average Bonchev–Trinajstić information content (AvgIpc) is 3.15. The highest BCUT2D eigenvalue weighted by atomic mass is 16.5. The minimum Gasteiger partial charge on any atom is -0.378 e. The van der Waals surface area contributed by atoms with E-state index in [0.29, 0.717) is 30.1 Å². The number of rotatable bonds is 0. The standard InChI is InChI=1S/C15H30N6O/c1-5-16-6-2-8-22-11-3-4-13-12(9-11)15(19-18-13)14-10-17-21(7-1)20-14/h11-20H,1-10H2. The molecule has 6 atom stereocenters. The van der Waals surface area contributed by atoms with Crippen LogP contribution in [0, 0.1) is 5.92 Å². The topological polar surface area (TPSA) is 72.6 Å². The third-order valence-corrected chi connectivity index (χ3v) is 5.59. The van der Waals surface area contributed by atoms with Crippen LogP contribution in [0.1, 0.15) is 32.1 Å². The monoisotopic (exact) mass is 310 g/mol. The number of hydrogen-bond donors (Lipinski definition) is 5. The maximum absolute atomic E-state index is 6.15. The molecule has 0 amide bonds. The lowest BCUT2D eigenvalue weighted by Gasteiger charge is -2.34. The quantitative estimate of drug-likeness (QED) is 0.397. The summed E-state index contributed by atoms with van der Waals surface area (Å²) in [4.78, 5) is 0. The first kappa shape index (κ1) is 15.3. The molecule has 0 spiro atoms. The Morgan fingerprint density at radius 3 is 2.95 bits per heavy atom. The number of nitrogens with zero attached hydrogens (tertiary/aromatic N) is 1. The molecule has 1 aliphatic carbocycles. The summed E-state index contributed by atoms with van der Waals surface area (Å²) in [7, 11) is 0. The van der Waals surface area contributed by atoms with Gasteiger partial charge >= 0.3 is 0 Å². The van der Waals surface area contributed by atoms with Crippen LogP contribution in [0.3, 0.4) is 0 Å². The Balaban J connectivity index is 1.43. The summed E-state index contributed by atoms with van der Waals surface area (Å²) >= 11 is 0. The van der Waals surface area contributed by atoms with E-state index in [1.54, 1.807) is 0 Å². The van der Waals surface area contributed by atoms with Crippen molar-refractivity contribution in [3.05, 3.63) is 0 Å². The van der Waals surface area contributed by atoms with E-state index in [0.717, 1.165) is 45.6 Å². The zero-order valence-corrected chi connectivity index (χ0v) is 13.3. The summed E-state index contributed by atoms with van der Waals surface area (Å²) < 4.78 is 6.15. The zero-order valence-electron chi connectivity index (χ0n) is 13.3. The third kappa shape index (κ3) is 3.31. The molecule has 7 heteroatoms. The summed E-state index contributed by atoms with van der Waals surface area (Å²) in [6.45, 7) is 5.07. The first-order valence-electron chi connectivity index (χ1n) is 9.01. The Bertz CT molecular complexity index is 370. The molecule has 0 aromatic carbocycles. The normalized spacial score (nSPS) is 46.9. The van der Waals surface area contributed by atoms with Gasteiger partial charge in [0.2, 0.25) is 0 Å². The van der Waals surface area contributed by atoms with Crippen LogP contribution < -0.4 is 27.0 Å². The van der Waals surface area contributed by atoms with E-state index in [2.05, 4.69) is 32.1 Å². The van der Waals surface area contributed by atoms with Crippen molar-refractivity contribution in [2.45, 2.75) is 56.3 Å². The molecule has 4 fully saturated rings. The minimum absolute atomic E-state index is 0.445. The van der Waals surface area contributed by atoms with Gasteiger partial charge < -0.3 is 10.1 Å². The van der Waals surface area contributed by atoms with Gasteiger partial charge in [-0.2, -0.15) is 5.12 Å². The summed E-state index contributed by atoms with van der Waals surface area (Å²) in [5, 5.41) is 5.69. The van der Waals surface area contributed by atoms with Crippen LogP contribution >= 0.6 is 0 Å². The molecule has 6 unspecified atom stereocenters. The van der Waals surface area contributed by atoms with E-state index in [9.17, 15) is 0 Å². The molecule has 7 nitrogen and oxygen atoms in total. The van der Waals surface area contributed by atoms with E-state index in [-0.39, 0.29) is 0 Å². The van der Waals surface area contributed by atoms with Gasteiger partial charge in [-0.15, -0.1) is 0 Å². The lowest BCUT2D eigenvalue weighted by Crippen LogP contribution is -2.51. The molecule has 0 aromatic heterocycles. The first-order valence-corrected chi connectivity index (χ1v) is 9.01. The molecule has 126 valence electrons. The Hall–Kier alpha value is -0.280. The second-order valence-electron chi connectivity index (χ2n) is 7.10. The van der Waals surface area contributed by atoms with Gasteiger partial charge in [0.05, 0.1) is 12.1 Å². The maximum Gasteiger partial charge on any atom is 0.0579 e. The van der Waals surface area contributed by atoms with Crippen molar-refractivity contribution in [1.29, 1.82) is 0 Å². The molecule has 3 heterocycles. The molecule has 4 aliphatic rings. The van der Waals surface area contributed by atoms with Gasteiger partial charge in [-0.05, 0) is 51.1 Å². The summed E-state index contributed by atoms with van der Waals surface area (Å²) in [6.07, 6.45) is 6.31.